The Hall–Kier alpha value is -0.890. The van der Waals surface area contributed by atoms with E-state index in [0.717, 1.165) is 51.9 Å². The number of rotatable bonds is 9. The normalized spacial score (nSPS) is 19.7. The molecule has 1 aliphatic carbocycles. The van der Waals surface area contributed by atoms with E-state index in [2.05, 4.69) is 46.4 Å². The third kappa shape index (κ3) is 6.81. The van der Waals surface area contributed by atoms with Crippen molar-refractivity contribution >= 4 is 30.7 Å². The number of piperidine rings is 1. The molecule has 9 heteroatoms. The molecule has 2 fully saturated rings. The zero-order valence-electron chi connectivity index (χ0n) is 18.6. The van der Waals surface area contributed by atoms with E-state index in [0.29, 0.717) is 36.5 Å². The number of carbonyl (C=O) groups is 1. The number of nitrogens with one attached hydrogen (secondary N) is 2. The van der Waals surface area contributed by atoms with E-state index >= 15 is 0 Å². The van der Waals surface area contributed by atoms with Crippen molar-refractivity contribution in [3.8, 4) is 0 Å². The van der Waals surface area contributed by atoms with Gasteiger partial charge >= 0.3 is 0 Å². The highest BCUT2D eigenvalue weighted by atomic mass is 35.5. The lowest BCUT2D eigenvalue weighted by atomic mass is 9.83. The van der Waals surface area contributed by atoms with Gasteiger partial charge in [0.1, 0.15) is 5.54 Å². The van der Waals surface area contributed by atoms with Crippen molar-refractivity contribution in [1.82, 2.24) is 25.7 Å². The van der Waals surface area contributed by atoms with E-state index in [1.165, 1.54) is 12.8 Å². The Morgan fingerprint density at radius 2 is 1.87 bits per heavy atom. The lowest BCUT2D eigenvalue weighted by Gasteiger charge is -2.30. The average Bonchev–Trinajstić information content (AvgIpc) is 3.37. The molecule has 2 N–H and O–H groups in total. The van der Waals surface area contributed by atoms with Crippen LogP contribution >= 0.6 is 24.8 Å². The minimum absolute atomic E-state index is 0. The van der Waals surface area contributed by atoms with Gasteiger partial charge in [-0.1, -0.05) is 38.8 Å². The first-order valence-corrected chi connectivity index (χ1v) is 11.1. The minimum atomic E-state index is -0.448. The molecule has 30 heavy (non-hydrogen) atoms. The number of nitrogens with zero attached hydrogens (tertiary/aromatic N) is 3. The van der Waals surface area contributed by atoms with E-state index < -0.39 is 5.54 Å². The Morgan fingerprint density at radius 1 is 1.23 bits per heavy atom. The van der Waals surface area contributed by atoms with Crippen LogP contribution in [0.25, 0.3) is 0 Å². The van der Waals surface area contributed by atoms with Crippen LogP contribution in [0.2, 0.25) is 0 Å². The number of amides is 1. The van der Waals surface area contributed by atoms with Gasteiger partial charge in [0.15, 0.2) is 5.82 Å². The summed E-state index contributed by atoms with van der Waals surface area (Å²) in [6.45, 7) is 11.2. The van der Waals surface area contributed by atoms with Gasteiger partial charge < -0.3 is 15.2 Å². The first kappa shape index (κ1) is 27.1. The summed E-state index contributed by atoms with van der Waals surface area (Å²) in [5.41, 5.74) is -0.448. The van der Waals surface area contributed by atoms with Crippen molar-refractivity contribution in [1.29, 1.82) is 0 Å². The largest absolute Gasteiger partial charge is 0.343 e. The molecule has 1 atom stereocenters. The van der Waals surface area contributed by atoms with Crippen molar-refractivity contribution < 1.29 is 9.32 Å². The molecule has 0 bridgehead atoms. The highest BCUT2D eigenvalue weighted by molar-refractivity contribution is 5.85. The summed E-state index contributed by atoms with van der Waals surface area (Å²) in [6.07, 6.45) is 6.87. The molecule has 1 aromatic heterocycles. The molecule has 1 saturated heterocycles. The predicted molar refractivity (Wildman–Crippen MR) is 123 cm³/mol. The van der Waals surface area contributed by atoms with Gasteiger partial charge in [0.05, 0.1) is 6.54 Å². The molecule has 174 valence electrons. The molecule has 1 saturated carbocycles. The van der Waals surface area contributed by atoms with E-state index in [4.69, 9.17) is 4.52 Å². The van der Waals surface area contributed by atoms with Gasteiger partial charge in [0.2, 0.25) is 11.8 Å². The lowest BCUT2D eigenvalue weighted by Crippen LogP contribution is -2.45. The highest BCUT2D eigenvalue weighted by Gasteiger charge is 2.41. The van der Waals surface area contributed by atoms with Gasteiger partial charge in [-0.3, -0.25) is 9.69 Å². The SMILES string of the molecule is CCN(CC)Cc1nc(C2(NC(=O)CC(C)C3CCNCC3)CCCC2)no1.Cl.Cl. The molecule has 1 unspecified atom stereocenters. The van der Waals surface area contributed by atoms with Crippen LogP contribution in [0.15, 0.2) is 4.52 Å². The zero-order chi connectivity index (χ0) is 20.0. The Kier molecular flexibility index (Phi) is 11.6. The zero-order valence-corrected chi connectivity index (χ0v) is 20.2. The van der Waals surface area contributed by atoms with Crippen LogP contribution in [0.5, 0.6) is 0 Å². The topological polar surface area (TPSA) is 83.3 Å². The molecule has 2 heterocycles. The second-order valence-electron chi connectivity index (χ2n) is 8.58. The van der Waals surface area contributed by atoms with E-state index in [-0.39, 0.29) is 30.7 Å². The van der Waals surface area contributed by atoms with E-state index in [1.807, 2.05) is 0 Å². The standard InChI is InChI=1S/C21H37N5O2.2ClH/c1-4-26(5-2)15-19-23-20(25-28-19)21(10-6-7-11-21)24-18(27)14-16(3)17-8-12-22-13-9-17;;/h16-17,22H,4-15H2,1-3H3,(H,24,27);2*1H. The van der Waals surface area contributed by atoms with Gasteiger partial charge in [-0.2, -0.15) is 4.98 Å². The molecule has 7 nitrogen and oxygen atoms in total. The Bertz CT molecular complexity index is 627. The number of hydrogen-bond donors (Lipinski definition) is 2. The summed E-state index contributed by atoms with van der Waals surface area (Å²) in [5.74, 6) is 2.47. The lowest BCUT2D eigenvalue weighted by molar-refractivity contribution is -0.124. The fraction of sp³-hybridized carbons (Fsp3) is 0.857. The summed E-state index contributed by atoms with van der Waals surface area (Å²) in [5, 5.41) is 11.0. The molecule has 0 aromatic carbocycles. The summed E-state index contributed by atoms with van der Waals surface area (Å²) in [6, 6.07) is 0. The minimum Gasteiger partial charge on any atom is -0.343 e. The molecule has 2 aliphatic rings. The van der Waals surface area contributed by atoms with Gasteiger partial charge in [-0.15, -0.1) is 24.8 Å². The van der Waals surface area contributed by atoms with Crippen molar-refractivity contribution in [3.63, 3.8) is 0 Å². The molecule has 0 spiro atoms. The van der Waals surface area contributed by atoms with E-state index in [9.17, 15) is 4.79 Å². The quantitative estimate of drug-likeness (QED) is 0.580. The fourth-order valence-corrected chi connectivity index (χ4v) is 4.73. The summed E-state index contributed by atoms with van der Waals surface area (Å²) >= 11 is 0. The maximum Gasteiger partial charge on any atom is 0.240 e. The molecule has 1 aliphatic heterocycles. The van der Waals surface area contributed by atoms with Crippen LogP contribution in [-0.4, -0.2) is 47.1 Å². The summed E-state index contributed by atoms with van der Waals surface area (Å²) in [7, 11) is 0. The predicted octanol–water partition coefficient (Wildman–Crippen LogP) is 3.67. The fourth-order valence-electron chi connectivity index (χ4n) is 4.73. The first-order chi connectivity index (χ1) is 13.6. The Labute approximate surface area is 193 Å². The molecule has 1 aromatic rings. The number of aromatic nitrogens is 2. The van der Waals surface area contributed by atoms with Crippen LogP contribution < -0.4 is 10.6 Å². The monoisotopic (exact) mass is 463 g/mol. The number of hydrogen-bond acceptors (Lipinski definition) is 6. The first-order valence-electron chi connectivity index (χ1n) is 11.1. The maximum absolute atomic E-state index is 12.9. The summed E-state index contributed by atoms with van der Waals surface area (Å²) < 4.78 is 5.53. The van der Waals surface area contributed by atoms with Crippen molar-refractivity contribution in [2.75, 3.05) is 26.2 Å². The molecular formula is C21H39Cl2N5O2. The molecule has 3 rings (SSSR count). The van der Waals surface area contributed by atoms with Crippen molar-refractivity contribution in [3.05, 3.63) is 11.7 Å². The smallest absolute Gasteiger partial charge is 0.240 e. The van der Waals surface area contributed by atoms with Gasteiger partial charge in [0, 0.05) is 6.42 Å². The van der Waals surface area contributed by atoms with Crippen LogP contribution in [-0.2, 0) is 16.9 Å². The maximum atomic E-state index is 12.9. The van der Waals surface area contributed by atoms with Crippen LogP contribution in [0, 0.1) is 11.8 Å². The third-order valence-corrected chi connectivity index (χ3v) is 6.68. The van der Waals surface area contributed by atoms with Crippen LogP contribution in [0.4, 0.5) is 0 Å². The number of halogens is 2. The van der Waals surface area contributed by atoms with Crippen molar-refractivity contribution in [2.45, 2.75) is 77.8 Å². The van der Waals surface area contributed by atoms with Gasteiger partial charge in [0.25, 0.3) is 0 Å². The van der Waals surface area contributed by atoms with Gasteiger partial charge in [-0.05, 0) is 63.7 Å². The highest BCUT2D eigenvalue weighted by Crippen LogP contribution is 2.37. The molecule has 0 radical (unpaired) electrons. The Morgan fingerprint density at radius 3 is 2.47 bits per heavy atom. The molecule has 1 amide bonds. The Balaban J connectivity index is 0.00000225. The van der Waals surface area contributed by atoms with Crippen molar-refractivity contribution in [2.24, 2.45) is 11.8 Å². The van der Waals surface area contributed by atoms with Gasteiger partial charge in [-0.25, -0.2) is 0 Å². The second-order valence-corrected chi connectivity index (χ2v) is 8.58. The molecular weight excluding hydrogens is 425 g/mol. The summed E-state index contributed by atoms with van der Waals surface area (Å²) in [4.78, 5) is 19.8. The van der Waals surface area contributed by atoms with E-state index in [1.54, 1.807) is 0 Å². The van der Waals surface area contributed by atoms with Crippen LogP contribution in [0.1, 0.15) is 77.4 Å². The van der Waals surface area contributed by atoms with Crippen LogP contribution in [0.3, 0.4) is 0 Å². The second kappa shape index (κ2) is 12.8. The number of carbonyl (C=O) groups excluding carboxylic acids is 1. The third-order valence-electron chi connectivity index (χ3n) is 6.68. The average molecular weight is 464 g/mol.